The standard InChI is InChI=1S/C18H16N2O2S/c21-18(20-10-4-8-15(20)17-9-5-11-23-17)14-12-16(22-19-14)13-6-2-1-3-7-13/h1-3,5-7,9,11-12,15H,4,8,10H2. The molecule has 23 heavy (non-hydrogen) atoms. The van der Waals surface area contributed by atoms with E-state index >= 15 is 0 Å². The smallest absolute Gasteiger partial charge is 0.276 e. The Kier molecular flexibility index (Phi) is 3.71. The van der Waals surface area contributed by atoms with Gasteiger partial charge in [0.05, 0.1) is 6.04 Å². The van der Waals surface area contributed by atoms with Gasteiger partial charge in [-0.25, -0.2) is 0 Å². The number of hydrogen-bond donors (Lipinski definition) is 0. The van der Waals surface area contributed by atoms with E-state index in [-0.39, 0.29) is 11.9 Å². The molecule has 1 fully saturated rings. The van der Waals surface area contributed by atoms with Crippen LogP contribution in [0.3, 0.4) is 0 Å². The summed E-state index contributed by atoms with van der Waals surface area (Å²) in [6, 6.07) is 15.7. The number of benzene rings is 1. The van der Waals surface area contributed by atoms with Crippen LogP contribution in [0, 0.1) is 0 Å². The van der Waals surface area contributed by atoms with Crippen LogP contribution >= 0.6 is 11.3 Å². The van der Waals surface area contributed by atoms with Crippen molar-refractivity contribution >= 4 is 17.2 Å². The van der Waals surface area contributed by atoms with Crippen LogP contribution in [0.15, 0.2) is 58.4 Å². The highest BCUT2D eigenvalue weighted by molar-refractivity contribution is 7.10. The van der Waals surface area contributed by atoms with Crippen molar-refractivity contribution in [1.29, 1.82) is 0 Å². The Hall–Kier alpha value is -2.40. The number of thiophene rings is 1. The van der Waals surface area contributed by atoms with Gasteiger partial charge in [-0.3, -0.25) is 4.79 Å². The van der Waals surface area contributed by atoms with E-state index < -0.39 is 0 Å². The molecule has 116 valence electrons. The van der Waals surface area contributed by atoms with Crippen LogP contribution < -0.4 is 0 Å². The maximum atomic E-state index is 12.8. The van der Waals surface area contributed by atoms with Crippen molar-refractivity contribution in [2.75, 3.05) is 6.54 Å². The highest BCUT2D eigenvalue weighted by atomic mass is 32.1. The summed E-state index contributed by atoms with van der Waals surface area (Å²) >= 11 is 1.70. The highest BCUT2D eigenvalue weighted by Crippen LogP contribution is 2.35. The summed E-state index contributed by atoms with van der Waals surface area (Å²) in [5, 5.41) is 6.05. The Morgan fingerprint density at radius 2 is 2.09 bits per heavy atom. The van der Waals surface area contributed by atoms with E-state index in [0.29, 0.717) is 11.5 Å². The minimum Gasteiger partial charge on any atom is -0.355 e. The minimum absolute atomic E-state index is 0.0492. The lowest BCUT2D eigenvalue weighted by Gasteiger charge is -2.22. The zero-order valence-corrected chi connectivity index (χ0v) is 13.3. The Balaban J connectivity index is 1.59. The molecule has 1 atom stereocenters. The van der Waals surface area contributed by atoms with Gasteiger partial charge in [0.1, 0.15) is 0 Å². The van der Waals surface area contributed by atoms with Crippen molar-refractivity contribution in [3.63, 3.8) is 0 Å². The third-order valence-corrected chi connectivity index (χ3v) is 5.15. The van der Waals surface area contributed by atoms with Crippen LogP contribution in [-0.4, -0.2) is 22.5 Å². The molecular weight excluding hydrogens is 308 g/mol. The fraction of sp³-hybridized carbons (Fsp3) is 0.222. The quantitative estimate of drug-likeness (QED) is 0.718. The van der Waals surface area contributed by atoms with Crippen LogP contribution in [0.5, 0.6) is 0 Å². The van der Waals surface area contributed by atoms with Crippen molar-refractivity contribution in [3.8, 4) is 11.3 Å². The summed E-state index contributed by atoms with van der Waals surface area (Å²) in [5.41, 5.74) is 1.31. The molecule has 1 aromatic carbocycles. The second-order valence-corrected chi connectivity index (χ2v) is 6.59. The topological polar surface area (TPSA) is 46.3 Å². The van der Waals surface area contributed by atoms with Gasteiger partial charge in [-0.05, 0) is 24.3 Å². The second-order valence-electron chi connectivity index (χ2n) is 5.61. The molecule has 2 aromatic heterocycles. The van der Waals surface area contributed by atoms with Gasteiger partial charge in [-0.2, -0.15) is 0 Å². The summed E-state index contributed by atoms with van der Waals surface area (Å²) in [6.07, 6.45) is 2.04. The van der Waals surface area contributed by atoms with E-state index in [2.05, 4.69) is 16.6 Å². The molecule has 1 saturated heterocycles. The fourth-order valence-corrected chi connectivity index (χ4v) is 3.92. The summed E-state index contributed by atoms with van der Waals surface area (Å²) in [7, 11) is 0. The van der Waals surface area contributed by atoms with E-state index in [4.69, 9.17) is 4.52 Å². The van der Waals surface area contributed by atoms with Gasteiger partial charge in [0.15, 0.2) is 11.5 Å². The summed E-state index contributed by atoms with van der Waals surface area (Å²) < 4.78 is 5.36. The van der Waals surface area contributed by atoms with Gasteiger partial charge in [-0.1, -0.05) is 41.6 Å². The molecule has 3 heterocycles. The number of amides is 1. The SMILES string of the molecule is O=C(c1cc(-c2ccccc2)on1)N1CCCC1c1cccs1. The number of carbonyl (C=O) groups is 1. The van der Waals surface area contributed by atoms with E-state index in [0.717, 1.165) is 24.9 Å². The molecule has 4 rings (SSSR count). The lowest BCUT2D eigenvalue weighted by Crippen LogP contribution is -2.30. The van der Waals surface area contributed by atoms with E-state index in [1.165, 1.54) is 4.88 Å². The van der Waals surface area contributed by atoms with Crippen molar-refractivity contribution in [2.45, 2.75) is 18.9 Å². The average Bonchev–Trinajstić information content (AvgIpc) is 3.34. The number of rotatable bonds is 3. The average molecular weight is 324 g/mol. The van der Waals surface area contributed by atoms with Gasteiger partial charge < -0.3 is 9.42 Å². The predicted molar refractivity (Wildman–Crippen MR) is 89.3 cm³/mol. The van der Waals surface area contributed by atoms with Gasteiger partial charge >= 0.3 is 0 Å². The number of hydrogen-bond acceptors (Lipinski definition) is 4. The van der Waals surface area contributed by atoms with E-state index in [9.17, 15) is 4.79 Å². The molecule has 3 aromatic rings. The number of carbonyl (C=O) groups excluding carboxylic acids is 1. The number of likely N-dealkylation sites (tertiary alicyclic amines) is 1. The lowest BCUT2D eigenvalue weighted by molar-refractivity contribution is 0.0727. The Labute approximate surface area is 138 Å². The Morgan fingerprint density at radius 3 is 2.87 bits per heavy atom. The first kappa shape index (κ1) is 14.2. The largest absolute Gasteiger partial charge is 0.355 e. The van der Waals surface area contributed by atoms with Crippen molar-refractivity contribution in [2.24, 2.45) is 0 Å². The van der Waals surface area contributed by atoms with Crippen LogP contribution in [0.2, 0.25) is 0 Å². The van der Waals surface area contributed by atoms with E-state index in [1.807, 2.05) is 41.3 Å². The summed E-state index contributed by atoms with van der Waals surface area (Å²) in [6.45, 7) is 0.773. The van der Waals surface area contributed by atoms with Crippen molar-refractivity contribution in [1.82, 2.24) is 10.1 Å². The molecule has 0 bridgehead atoms. The molecule has 0 saturated carbocycles. The van der Waals surface area contributed by atoms with Gasteiger partial charge in [0.25, 0.3) is 5.91 Å². The monoisotopic (exact) mass is 324 g/mol. The van der Waals surface area contributed by atoms with Gasteiger partial charge in [0, 0.05) is 23.1 Å². The lowest BCUT2D eigenvalue weighted by atomic mass is 10.1. The number of aromatic nitrogens is 1. The van der Waals surface area contributed by atoms with Crippen LogP contribution in [0.4, 0.5) is 0 Å². The predicted octanol–water partition coefficient (Wildman–Crippen LogP) is 4.38. The van der Waals surface area contributed by atoms with Gasteiger partial charge in [-0.15, -0.1) is 11.3 Å². The first-order chi connectivity index (χ1) is 11.3. The normalized spacial score (nSPS) is 17.6. The van der Waals surface area contributed by atoms with Crippen molar-refractivity contribution < 1.29 is 9.32 Å². The molecular formula is C18H16N2O2S. The molecule has 0 radical (unpaired) electrons. The molecule has 0 aliphatic carbocycles. The Bertz CT molecular complexity index is 796. The summed E-state index contributed by atoms with van der Waals surface area (Å²) in [5.74, 6) is 0.577. The zero-order valence-electron chi connectivity index (χ0n) is 12.5. The van der Waals surface area contributed by atoms with Gasteiger partial charge in [0.2, 0.25) is 0 Å². The molecule has 1 aliphatic rings. The Morgan fingerprint density at radius 1 is 1.22 bits per heavy atom. The molecule has 0 spiro atoms. The molecule has 4 nitrogen and oxygen atoms in total. The molecule has 1 amide bonds. The molecule has 1 aliphatic heterocycles. The highest BCUT2D eigenvalue weighted by Gasteiger charge is 2.32. The van der Waals surface area contributed by atoms with Crippen LogP contribution in [-0.2, 0) is 0 Å². The first-order valence-electron chi connectivity index (χ1n) is 7.69. The summed E-state index contributed by atoms with van der Waals surface area (Å²) in [4.78, 5) is 16.0. The van der Waals surface area contributed by atoms with Crippen LogP contribution in [0.1, 0.15) is 34.2 Å². The first-order valence-corrected chi connectivity index (χ1v) is 8.57. The third-order valence-electron chi connectivity index (χ3n) is 4.17. The van der Waals surface area contributed by atoms with Crippen molar-refractivity contribution in [3.05, 3.63) is 64.5 Å². The van der Waals surface area contributed by atoms with Crippen LogP contribution in [0.25, 0.3) is 11.3 Å². The molecule has 5 heteroatoms. The molecule has 0 N–H and O–H groups in total. The van der Waals surface area contributed by atoms with E-state index in [1.54, 1.807) is 17.4 Å². The molecule has 1 unspecified atom stereocenters. The zero-order chi connectivity index (χ0) is 15.6. The minimum atomic E-state index is -0.0492. The fourth-order valence-electron chi connectivity index (χ4n) is 3.05. The number of nitrogens with zero attached hydrogens (tertiary/aromatic N) is 2. The second kappa shape index (κ2) is 6.01. The third kappa shape index (κ3) is 2.68. The maximum absolute atomic E-state index is 12.8. The maximum Gasteiger partial charge on any atom is 0.276 e.